The Balaban J connectivity index is 1.48. The lowest BCUT2D eigenvalue weighted by Gasteiger charge is -2.57. The monoisotopic (exact) mass is 340 g/mol. The van der Waals surface area contributed by atoms with E-state index in [0.717, 1.165) is 37.5 Å². The number of allylic oxidation sites excluding steroid dienone is 3. The summed E-state index contributed by atoms with van der Waals surface area (Å²) in [5.74, 6) is 2.17. The molecule has 0 saturated heterocycles. The summed E-state index contributed by atoms with van der Waals surface area (Å²) in [6, 6.07) is 0. The van der Waals surface area contributed by atoms with Gasteiger partial charge in [-0.05, 0) is 73.3 Å². The first-order valence-electron chi connectivity index (χ1n) is 9.84. The molecule has 4 aliphatic carbocycles. The molecule has 6 atom stereocenters. The van der Waals surface area contributed by atoms with Crippen molar-refractivity contribution in [2.45, 2.75) is 64.9 Å². The number of nitrogens with zero attached hydrogens (tertiary/aromatic N) is 4. The van der Waals surface area contributed by atoms with Crippen molar-refractivity contribution in [3.8, 4) is 0 Å². The minimum Gasteiger partial charge on any atom is -0.393 e. The van der Waals surface area contributed by atoms with Crippen LogP contribution < -0.4 is 0 Å². The SMILES string of the molecule is C[C@]12CC[C@H](O)CC1=CCC1C2CC[C@]2(C)C(n3ncnn3)=CCC12. The number of tetrazole rings is 1. The fraction of sp³-hybridized carbons (Fsp3) is 0.750. The minimum absolute atomic E-state index is 0.122. The van der Waals surface area contributed by atoms with Crippen molar-refractivity contribution in [3.63, 3.8) is 0 Å². The first kappa shape index (κ1) is 15.7. The van der Waals surface area contributed by atoms with Gasteiger partial charge in [0.2, 0.25) is 0 Å². The number of rotatable bonds is 1. The summed E-state index contributed by atoms with van der Waals surface area (Å²) in [5.41, 5.74) is 3.27. The molecule has 0 bridgehead atoms. The van der Waals surface area contributed by atoms with E-state index in [1.165, 1.54) is 31.3 Å². The van der Waals surface area contributed by atoms with Gasteiger partial charge in [0.05, 0.1) is 11.8 Å². The third-order valence-electron chi connectivity index (χ3n) is 8.18. The number of aliphatic hydroxyl groups is 1. The summed E-state index contributed by atoms with van der Waals surface area (Å²) >= 11 is 0. The quantitative estimate of drug-likeness (QED) is 0.795. The van der Waals surface area contributed by atoms with E-state index < -0.39 is 0 Å². The molecule has 4 aliphatic rings. The molecule has 3 unspecified atom stereocenters. The maximum atomic E-state index is 10.1. The summed E-state index contributed by atoms with van der Waals surface area (Å²) in [6.45, 7) is 4.90. The molecule has 1 N–H and O–H groups in total. The Bertz CT molecular complexity index is 739. The van der Waals surface area contributed by atoms with E-state index in [1.807, 2.05) is 0 Å². The van der Waals surface area contributed by atoms with E-state index in [1.54, 1.807) is 10.4 Å². The highest BCUT2D eigenvalue weighted by molar-refractivity contribution is 5.55. The molecule has 0 spiro atoms. The van der Waals surface area contributed by atoms with Gasteiger partial charge in [-0.3, -0.25) is 0 Å². The Morgan fingerprint density at radius 3 is 2.72 bits per heavy atom. The van der Waals surface area contributed by atoms with Crippen molar-refractivity contribution in [1.82, 2.24) is 20.2 Å². The lowest BCUT2D eigenvalue weighted by Crippen LogP contribution is -2.50. The normalized spacial score (nSPS) is 45.9. The van der Waals surface area contributed by atoms with Crippen molar-refractivity contribution in [2.24, 2.45) is 28.6 Å². The standard InChI is InChI=1S/C20H28N4O/c1-19-9-7-14(25)11-13(19)3-4-15-16-5-6-18(24-22-12-21-23-24)20(16,2)10-8-17(15)19/h3,6,12,14-17,25H,4-5,7-11H2,1-2H3/t14-,15?,16?,17?,19-,20-/m0/s1. The summed E-state index contributed by atoms with van der Waals surface area (Å²) in [4.78, 5) is 1.75. The van der Waals surface area contributed by atoms with Crippen LogP contribution in [0.25, 0.3) is 5.70 Å². The van der Waals surface area contributed by atoms with Crippen LogP contribution in [-0.4, -0.2) is 31.4 Å². The molecule has 0 amide bonds. The molecule has 5 nitrogen and oxygen atoms in total. The van der Waals surface area contributed by atoms with Crippen molar-refractivity contribution in [3.05, 3.63) is 24.1 Å². The Morgan fingerprint density at radius 1 is 1.08 bits per heavy atom. The van der Waals surface area contributed by atoms with E-state index in [-0.39, 0.29) is 11.5 Å². The van der Waals surface area contributed by atoms with Gasteiger partial charge in [-0.2, -0.15) is 0 Å². The summed E-state index contributed by atoms with van der Waals surface area (Å²) in [5, 5.41) is 22.5. The van der Waals surface area contributed by atoms with E-state index in [2.05, 4.69) is 41.4 Å². The highest BCUT2D eigenvalue weighted by Crippen LogP contribution is 2.65. The highest BCUT2D eigenvalue weighted by Gasteiger charge is 2.57. The second-order valence-corrected chi connectivity index (χ2v) is 9.16. The molecule has 0 radical (unpaired) electrons. The molecule has 25 heavy (non-hydrogen) atoms. The molecular formula is C20H28N4O. The minimum atomic E-state index is -0.122. The van der Waals surface area contributed by atoms with Crippen molar-refractivity contribution >= 4 is 5.70 Å². The van der Waals surface area contributed by atoms with Crippen LogP contribution in [0.5, 0.6) is 0 Å². The van der Waals surface area contributed by atoms with Crippen LogP contribution in [0, 0.1) is 28.6 Å². The summed E-state index contributed by atoms with van der Waals surface area (Å²) in [6.07, 6.45) is 14.1. The van der Waals surface area contributed by atoms with Crippen LogP contribution >= 0.6 is 0 Å². The second-order valence-electron chi connectivity index (χ2n) is 9.16. The molecule has 5 heteroatoms. The van der Waals surface area contributed by atoms with Crippen molar-refractivity contribution in [2.75, 3.05) is 0 Å². The summed E-state index contributed by atoms with van der Waals surface area (Å²) < 4.78 is 0. The maximum absolute atomic E-state index is 10.1. The molecule has 1 aromatic rings. The van der Waals surface area contributed by atoms with Gasteiger partial charge < -0.3 is 5.11 Å². The lowest BCUT2D eigenvalue weighted by molar-refractivity contribution is -0.0254. The molecule has 0 aliphatic heterocycles. The first-order chi connectivity index (χ1) is 12.0. The van der Waals surface area contributed by atoms with E-state index >= 15 is 0 Å². The highest BCUT2D eigenvalue weighted by atomic mass is 16.3. The van der Waals surface area contributed by atoms with Crippen LogP contribution in [0.1, 0.15) is 58.8 Å². The van der Waals surface area contributed by atoms with Gasteiger partial charge in [-0.25, -0.2) is 0 Å². The fourth-order valence-corrected chi connectivity index (χ4v) is 6.77. The topological polar surface area (TPSA) is 63.8 Å². The molecule has 5 rings (SSSR count). The van der Waals surface area contributed by atoms with Gasteiger partial charge in [0.1, 0.15) is 0 Å². The third-order valence-corrected chi connectivity index (χ3v) is 8.18. The molecular weight excluding hydrogens is 312 g/mol. The third kappa shape index (κ3) is 2.08. The van der Waals surface area contributed by atoms with Gasteiger partial charge in [0.25, 0.3) is 0 Å². The van der Waals surface area contributed by atoms with Gasteiger partial charge in [0, 0.05) is 5.41 Å². The van der Waals surface area contributed by atoms with E-state index in [4.69, 9.17) is 0 Å². The number of hydrogen-bond acceptors (Lipinski definition) is 4. The Morgan fingerprint density at radius 2 is 1.92 bits per heavy atom. The largest absolute Gasteiger partial charge is 0.393 e. The van der Waals surface area contributed by atoms with Gasteiger partial charge in [-0.1, -0.05) is 31.6 Å². The average molecular weight is 340 g/mol. The van der Waals surface area contributed by atoms with Crippen molar-refractivity contribution in [1.29, 1.82) is 0 Å². The molecule has 2 saturated carbocycles. The van der Waals surface area contributed by atoms with Crippen LogP contribution in [-0.2, 0) is 0 Å². The van der Waals surface area contributed by atoms with Crippen LogP contribution in [0.15, 0.2) is 24.1 Å². The number of hydrogen-bond donors (Lipinski definition) is 1. The average Bonchev–Trinajstić information content (AvgIpc) is 3.22. The van der Waals surface area contributed by atoms with Crippen molar-refractivity contribution < 1.29 is 5.11 Å². The Kier molecular flexibility index (Phi) is 3.31. The van der Waals surface area contributed by atoms with Gasteiger partial charge >= 0.3 is 0 Å². The van der Waals surface area contributed by atoms with Gasteiger partial charge in [0.15, 0.2) is 6.33 Å². The predicted molar refractivity (Wildman–Crippen MR) is 95.2 cm³/mol. The molecule has 0 aromatic carbocycles. The molecule has 1 aromatic heterocycles. The van der Waals surface area contributed by atoms with Crippen LogP contribution in [0.4, 0.5) is 0 Å². The molecule has 2 fully saturated rings. The lowest BCUT2D eigenvalue weighted by atomic mass is 9.48. The predicted octanol–water partition coefficient (Wildman–Crippen LogP) is 3.45. The second kappa shape index (κ2) is 5.26. The van der Waals surface area contributed by atoms with E-state index in [0.29, 0.717) is 11.3 Å². The Labute approximate surface area is 149 Å². The zero-order chi connectivity index (χ0) is 17.2. The zero-order valence-electron chi connectivity index (χ0n) is 15.2. The molecule has 1 heterocycles. The smallest absolute Gasteiger partial charge is 0.162 e. The van der Waals surface area contributed by atoms with Gasteiger partial charge in [-0.15, -0.1) is 15.0 Å². The van der Waals surface area contributed by atoms with E-state index in [9.17, 15) is 5.11 Å². The zero-order valence-corrected chi connectivity index (χ0v) is 15.2. The Hall–Kier alpha value is -1.49. The summed E-state index contributed by atoms with van der Waals surface area (Å²) in [7, 11) is 0. The van der Waals surface area contributed by atoms with Crippen LogP contribution in [0.2, 0.25) is 0 Å². The number of aromatic nitrogens is 4. The van der Waals surface area contributed by atoms with Crippen LogP contribution in [0.3, 0.4) is 0 Å². The fourth-order valence-electron chi connectivity index (χ4n) is 6.77. The number of aliphatic hydroxyl groups excluding tert-OH is 1. The maximum Gasteiger partial charge on any atom is 0.162 e. The first-order valence-corrected chi connectivity index (χ1v) is 9.84. The molecule has 134 valence electrons. The number of fused-ring (bicyclic) bond motifs is 5.